The zero-order valence-corrected chi connectivity index (χ0v) is 8.79. The first kappa shape index (κ1) is 9.44. The molecule has 1 aromatic rings. The molecule has 1 heterocycles. The van der Waals surface area contributed by atoms with Crippen molar-refractivity contribution in [1.82, 2.24) is 9.97 Å². The first-order valence-corrected chi connectivity index (χ1v) is 5.24. The van der Waals surface area contributed by atoms with Gasteiger partial charge in [-0.3, -0.25) is 0 Å². The summed E-state index contributed by atoms with van der Waals surface area (Å²) in [6, 6.07) is 0. The van der Waals surface area contributed by atoms with E-state index in [0.717, 1.165) is 12.3 Å². The maximum Gasteiger partial charge on any atom is 0.219 e. The minimum atomic E-state index is 0.654. The molecule has 14 heavy (non-hydrogen) atoms. The average molecular weight is 192 g/mol. The van der Waals surface area contributed by atoms with Gasteiger partial charge in [-0.15, -0.1) is 0 Å². The van der Waals surface area contributed by atoms with Gasteiger partial charge in [0.05, 0.1) is 12.8 Å². The number of hydrogen-bond donors (Lipinski definition) is 0. The van der Waals surface area contributed by atoms with Crippen LogP contribution in [0.2, 0.25) is 0 Å². The Morgan fingerprint density at radius 1 is 1.43 bits per heavy atom. The zero-order valence-electron chi connectivity index (χ0n) is 8.79. The van der Waals surface area contributed by atoms with E-state index >= 15 is 0 Å². The van der Waals surface area contributed by atoms with E-state index in [9.17, 15) is 0 Å². The standard InChI is InChI=1S/C11H16N2O/c1-3-9-10(8-5-4-6-8)12-7-13-11(9)14-2/h7-8H,3-6H2,1-2H3. The summed E-state index contributed by atoms with van der Waals surface area (Å²) in [5.41, 5.74) is 2.41. The van der Waals surface area contributed by atoms with Crippen molar-refractivity contribution in [3.8, 4) is 5.88 Å². The first-order chi connectivity index (χ1) is 6.86. The fourth-order valence-electron chi connectivity index (χ4n) is 1.95. The Hall–Kier alpha value is -1.12. The molecule has 76 valence electrons. The summed E-state index contributed by atoms with van der Waals surface area (Å²) in [6.07, 6.45) is 6.45. The van der Waals surface area contributed by atoms with Gasteiger partial charge in [0, 0.05) is 11.5 Å². The Kier molecular flexibility index (Phi) is 2.66. The monoisotopic (exact) mass is 192 g/mol. The largest absolute Gasteiger partial charge is 0.481 e. The normalized spacial score (nSPS) is 16.4. The van der Waals surface area contributed by atoms with Crippen LogP contribution < -0.4 is 4.74 Å². The maximum absolute atomic E-state index is 5.24. The Morgan fingerprint density at radius 2 is 2.21 bits per heavy atom. The van der Waals surface area contributed by atoms with Gasteiger partial charge in [-0.2, -0.15) is 0 Å². The number of rotatable bonds is 3. The molecule has 2 rings (SSSR count). The fraction of sp³-hybridized carbons (Fsp3) is 0.636. The molecule has 0 amide bonds. The van der Waals surface area contributed by atoms with Crippen LogP contribution in [-0.4, -0.2) is 17.1 Å². The van der Waals surface area contributed by atoms with Crippen LogP contribution in [0.3, 0.4) is 0 Å². The van der Waals surface area contributed by atoms with Gasteiger partial charge in [0.2, 0.25) is 5.88 Å². The zero-order chi connectivity index (χ0) is 9.97. The lowest BCUT2D eigenvalue weighted by Crippen LogP contribution is -2.14. The Bertz CT molecular complexity index is 321. The molecule has 1 saturated carbocycles. The number of aromatic nitrogens is 2. The first-order valence-electron chi connectivity index (χ1n) is 5.24. The van der Waals surface area contributed by atoms with Crippen LogP contribution in [-0.2, 0) is 6.42 Å². The Balaban J connectivity index is 2.36. The Labute approximate surface area is 84.5 Å². The van der Waals surface area contributed by atoms with Crippen LogP contribution >= 0.6 is 0 Å². The molecule has 1 aliphatic rings. The van der Waals surface area contributed by atoms with Crippen molar-refractivity contribution in [2.75, 3.05) is 7.11 Å². The van der Waals surface area contributed by atoms with Crippen molar-refractivity contribution in [3.05, 3.63) is 17.6 Å². The van der Waals surface area contributed by atoms with E-state index in [4.69, 9.17) is 4.74 Å². The van der Waals surface area contributed by atoms with Crippen molar-refractivity contribution < 1.29 is 4.74 Å². The van der Waals surface area contributed by atoms with Crippen LogP contribution in [0.5, 0.6) is 5.88 Å². The summed E-state index contributed by atoms with van der Waals surface area (Å²) in [7, 11) is 1.67. The van der Waals surface area contributed by atoms with E-state index in [1.807, 2.05) is 0 Å². The van der Waals surface area contributed by atoms with Gasteiger partial charge in [-0.25, -0.2) is 9.97 Å². The predicted molar refractivity (Wildman–Crippen MR) is 54.6 cm³/mol. The lowest BCUT2D eigenvalue weighted by atomic mass is 9.81. The van der Waals surface area contributed by atoms with Gasteiger partial charge >= 0.3 is 0 Å². The number of methoxy groups -OCH3 is 1. The van der Waals surface area contributed by atoms with E-state index in [1.165, 1.54) is 30.5 Å². The highest BCUT2D eigenvalue weighted by Crippen LogP contribution is 2.38. The third-order valence-corrected chi connectivity index (χ3v) is 2.98. The van der Waals surface area contributed by atoms with Crippen LogP contribution in [0.15, 0.2) is 6.33 Å². The van der Waals surface area contributed by atoms with Crippen molar-refractivity contribution >= 4 is 0 Å². The maximum atomic E-state index is 5.24. The highest BCUT2D eigenvalue weighted by atomic mass is 16.5. The third kappa shape index (κ3) is 1.47. The number of ether oxygens (including phenoxy) is 1. The predicted octanol–water partition coefficient (Wildman–Crippen LogP) is 2.32. The van der Waals surface area contributed by atoms with Crippen molar-refractivity contribution in [1.29, 1.82) is 0 Å². The molecule has 3 nitrogen and oxygen atoms in total. The lowest BCUT2D eigenvalue weighted by Gasteiger charge is -2.26. The summed E-state index contributed by atoms with van der Waals surface area (Å²) >= 11 is 0. The average Bonchev–Trinajstić information content (AvgIpc) is 2.15. The quantitative estimate of drug-likeness (QED) is 0.737. The molecular weight excluding hydrogens is 176 g/mol. The van der Waals surface area contributed by atoms with E-state index < -0.39 is 0 Å². The molecule has 0 spiro atoms. The second-order valence-corrected chi connectivity index (χ2v) is 3.73. The van der Waals surface area contributed by atoms with Gasteiger partial charge in [-0.05, 0) is 19.3 Å². The van der Waals surface area contributed by atoms with Gasteiger partial charge in [0.25, 0.3) is 0 Å². The smallest absolute Gasteiger partial charge is 0.219 e. The minimum absolute atomic E-state index is 0.654. The topological polar surface area (TPSA) is 35.0 Å². The van der Waals surface area contributed by atoms with Crippen molar-refractivity contribution in [3.63, 3.8) is 0 Å². The van der Waals surface area contributed by atoms with Gasteiger partial charge < -0.3 is 4.74 Å². The van der Waals surface area contributed by atoms with Gasteiger partial charge in [0.1, 0.15) is 6.33 Å². The van der Waals surface area contributed by atoms with Crippen molar-refractivity contribution in [2.45, 2.75) is 38.5 Å². The summed E-state index contributed by atoms with van der Waals surface area (Å²) < 4.78 is 5.24. The number of nitrogens with zero attached hydrogens (tertiary/aromatic N) is 2. The van der Waals surface area contributed by atoms with E-state index in [1.54, 1.807) is 13.4 Å². The van der Waals surface area contributed by atoms with E-state index in [0.29, 0.717) is 5.92 Å². The molecule has 1 aromatic heterocycles. The molecule has 0 unspecified atom stereocenters. The van der Waals surface area contributed by atoms with Crippen molar-refractivity contribution in [2.24, 2.45) is 0 Å². The van der Waals surface area contributed by atoms with Crippen LogP contribution in [0.1, 0.15) is 43.4 Å². The Morgan fingerprint density at radius 3 is 2.71 bits per heavy atom. The molecule has 0 atom stereocenters. The molecule has 0 aromatic carbocycles. The minimum Gasteiger partial charge on any atom is -0.481 e. The fourth-order valence-corrected chi connectivity index (χ4v) is 1.95. The SMILES string of the molecule is CCc1c(OC)ncnc1C1CCC1. The van der Waals surface area contributed by atoms with Gasteiger partial charge in [-0.1, -0.05) is 13.3 Å². The molecule has 0 bridgehead atoms. The molecule has 3 heteroatoms. The van der Waals surface area contributed by atoms with Crippen LogP contribution in [0, 0.1) is 0 Å². The lowest BCUT2D eigenvalue weighted by molar-refractivity contribution is 0.376. The van der Waals surface area contributed by atoms with Crippen LogP contribution in [0.4, 0.5) is 0 Å². The summed E-state index contributed by atoms with van der Waals surface area (Å²) in [4.78, 5) is 8.53. The van der Waals surface area contributed by atoms with Crippen LogP contribution in [0.25, 0.3) is 0 Å². The van der Waals surface area contributed by atoms with Gasteiger partial charge in [0.15, 0.2) is 0 Å². The molecule has 0 saturated heterocycles. The highest BCUT2D eigenvalue weighted by Gasteiger charge is 2.24. The molecule has 0 aliphatic heterocycles. The molecule has 0 N–H and O–H groups in total. The molecule has 1 aliphatic carbocycles. The molecular formula is C11H16N2O. The third-order valence-electron chi connectivity index (χ3n) is 2.98. The molecule has 1 fully saturated rings. The highest BCUT2D eigenvalue weighted by molar-refractivity contribution is 5.32. The second kappa shape index (κ2) is 3.95. The summed E-state index contributed by atoms with van der Waals surface area (Å²) in [6.45, 7) is 2.13. The summed E-state index contributed by atoms with van der Waals surface area (Å²) in [5.74, 6) is 1.41. The van der Waals surface area contributed by atoms with E-state index in [-0.39, 0.29) is 0 Å². The van der Waals surface area contributed by atoms with E-state index in [2.05, 4.69) is 16.9 Å². The molecule has 0 radical (unpaired) electrons. The number of hydrogen-bond acceptors (Lipinski definition) is 3. The summed E-state index contributed by atoms with van der Waals surface area (Å²) in [5, 5.41) is 0. The second-order valence-electron chi connectivity index (χ2n) is 3.73.